The molecule has 4 heterocycles. The minimum atomic E-state index is 0.0702. The molecule has 2 aromatic carbocycles. The first-order valence-corrected chi connectivity index (χ1v) is 12.9. The lowest BCUT2D eigenvalue weighted by atomic mass is 10.0. The van der Waals surface area contributed by atoms with E-state index in [1.54, 1.807) is 0 Å². The SMILES string of the molecule is N#Cc1cc(-c2nc(Cc3ccc(N4CCOCC4)cc3)nc3c2N=CC3)ccc1OC1CCOCC1. The molecule has 0 bridgehead atoms. The predicted molar refractivity (Wildman–Crippen MR) is 141 cm³/mol. The summed E-state index contributed by atoms with van der Waals surface area (Å²) < 4.78 is 17.0. The van der Waals surface area contributed by atoms with Crippen molar-refractivity contribution < 1.29 is 14.2 Å². The van der Waals surface area contributed by atoms with Gasteiger partial charge in [0, 0.05) is 56.2 Å². The third kappa shape index (κ3) is 5.19. The fraction of sp³-hybridized carbons (Fsp3) is 0.379. The van der Waals surface area contributed by atoms with Gasteiger partial charge in [-0.15, -0.1) is 0 Å². The molecule has 2 saturated heterocycles. The molecule has 3 aliphatic heterocycles. The monoisotopic (exact) mass is 495 g/mol. The molecule has 3 aliphatic rings. The number of fused-ring (bicyclic) bond motifs is 1. The lowest BCUT2D eigenvalue weighted by Gasteiger charge is -2.28. The molecule has 0 saturated carbocycles. The molecule has 0 N–H and O–H groups in total. The Morgan fingerprint density at radius 1 is 0.973 bits per heavy atom. The quantitative estimate of drug-likeness (QED) is 0.504. The Kier molecular flexibility index (Phi) is 6.80. The van der Waals surface area contributed by atoms with Gasteiger partial charge in [0.05, 0.1) is 43.4 Å². The van der Waals surface area contributed by atoms with E-state index in [4.69, 9.17) is 24.2 Å². The van der Waals surface area contributed by atoms with Crippen LogP contribution < -0.4 is 9.64 Å². The van der Waals surface area contributed by atoms with Crippen molar-refractivity contribution in [3.8, 4) is 23.1 Å². The lowest BCUT2D eigenvalue weighted by molar-refractivity contribution is 0.0254. The first kappa shape index (κ1) is 23.6. The highest BCUT2D eigenvalue weighted by atomic mass is 16.5. The van der Waals surface area contributed by atoms with Crippen LogP contribution in [0.5, 0.6) is 5.75 Å². The first-order valence-electron chi connectivity index (χ1n) is 12.9. The third-order valence-corrected chi connectivity index (χ3v) is 7.02. The van der Waals surface area contributed by atoms with Crippen molar-refractivity contribution in [3.05, 3.63) is 65.1 Å². The van der Waals surface area contributed by atoms with Gasteiger partial charge in [-0.3, -0.25) is 4.99 Å². The minimum Gasteiger partial charge on any atom is -0.489 e. The fourth-order valence-electron chi connectivity index (χ4n) is 5.00. The number of rotatable bonds is 6. The van der Waals surface area contributed by atoms with E-state index < -0.39 is 0 Å². The molecule has 8 heteroatoms. The maximum atomic E-state index is 9.85. The van der Waals surface area contributed by atoms with Crippen LogP contribution in [0.25, 0.3) is 11.3 Å². The molecule has 3 aromatic rings. The standard InChI is InChI=1S/C29H29N5O3/c30-19-22-18-21(3-6-26(22)37-24-8-13-35-14-9-24)28-29-25(7-10-31-29)32-27(33-28)17-20-1-4-23(5-2-20)34-11-15-36-16-12-34/h1-6,10,18,24H,7-9,11-17H2. The number of nitriles is 1. The maximum absolute atomic E-state index is 9.85. The van der Waals surface area contributed by atoms with Gasteiger partial charge < -0.3 is 19.1 Å². The first-order chi connectivity index (χ1) is 18.3. The van der Waals surface area contributed by atoms with Crippen LogP contribution in [0.1, 0.15) is 35.5 Å². The highest BCUT2D eigenvalue weighted by molar-refractivity contribution is 5.84. The van der Waals surface area contributed by atoms with Crippen LogP contribution in [-0.2, 0) is 22.3 Å². The van der Waals surface area contributed by atoms with Crippen LogP contribution >= 0.6 is 0 Å². The van der Waals surface area contributed by atoms with Crippen molar-refractivity contribution in [1.82, 2.24) is 9.97 Å². The molecular weight excluding hydrogens is 466 g/mol. The van der Waals surface area contributed by atoms with Crippen LogP contribution in [0.4, 0.5) is 11.4 Å². The normalized spacial score (nSPS) is 17.4. The Hall–Kier alpha value is -3.80. The summed E-state index contributed by atoms with van der Waals surface area (Å²) in [7, 11) is 0. The Balaban J connectivity index is 1.25. The maximum Gasteiger partial charge on any atom is 0.137 e. The molecule has 37 heavy (non-hydrogen) atoms. The van der Waals surface area contributed by atoms with Crippen molar-refractivity contribution in [2.24, 2.45) is 4.99 Å². The summed E-state index contributed by atoms with van der Waals surface area (Å²) in [5.41, 5.74) is 6.17. The molecule has 8 nitrogen and oxygen atoms in total. The number of morpholine rings is 1. The molecule has 0 spiro atoms. The van der Waals surface area contributed by atoms with E-state index in [9.17, 15) is 5.26 Å². The predicted octanol–water partition coefficient (Wildman–Crippen LogP) is 4.26. The van der Waals surface area contributed by atoms with Gasteiger partial charge in [0.1, 0.15) is 29.4 Å². The summed E-state index contributed by atoms with van der Waals surface area (Å²) in [4.78, 5) is 16.7. The average molecular weight is 496 g/mol. The zero-order valence-corrected chi connectivity index (χ0v) is 20.7. The molecule has 0 unspecified atom stereocenters. The van der Waals surface area contributed by atoms with Crippen molar-refractivity contribution in [2.75, 3.05) is 44.4 Å². The van der Waals surface area contributed by atoms with Crippen molar-refractivity contribution >= 4 is 17.6 Å². The smallest absolute Gasteiger partial charge is 0.137 e. The van der Waals surface area contributed by atoms with E-state index in [0.717, 1.165) is 73.2 Å². The largest absolute Gasteiger partial charge is 0.489 e. The van der Waals surface area contributed by atoms with Gasteiger partial charge >= 0.3 is 0 Å². The number of nitrogens with zero attached hydrogens (tertiary/aromatic N) is 5. The summed E-state index contributed by atoms with van der Waals surface area (Å²) in [5, 5.41) is 9.85. The summed E-state index contributed by atoms with van der Waals surface area (Å²) in [6.07, 6.45) is 4.91. The zero-order valence-electron chi connectivity index (χ0n) is 20.7. The van der Waals surface area contributed by atoms with Gasteiger partial charge in [-0.1, -0.05) is 12.1 Å². The van der Waals surface area contributed by atoms with Crippen LogP contribution in [0.15, 0.2) is 47.5 Å². The highest BCUT2D eigenvalue weighted by Crippen LogP contribution is 2.36. The van der Waals surface area contributed by atoms with E-state index >= 15 is 0 Å². The van der Waals surface area contributed by atoms with Crippen LogP contribution in [0, 0.1) is 11.3 Å². The number of hydrogen-bond acceptors (Lipinski definition) is 8. The summed E-state index contributed by atoms with van der Waals surface area (Å²) >= 11 is 0. The topological polar surface area (TPSA) is 92.9 Å². The Bertz CT molecular complexity index is 1340. The minimum absolute atomic E-state index is 0.0702. The molecular formula is C29H29N5O3. The molecule has 188 valence electrons. The Morgan fingerprint density at radius 3 is 2.54 bits per heavy atom. The molecule has 0 atom stereocenters. The summed E-state index contributed by atoms with van der Waals surface area (Å²) in [5.74, 6) is 1.35. The van der Waals surface area contributed by atoms with E-state index in [1.807, 2.05) is 24.4 Å². The second-order valence-electron chi connectivity index (χ2n) is 9.49. The van der Waals surface area contributed by atoms with Crippen LogP contribution in [-0.4, -0.2) is 61.8 Å². The summed E-state index contributed by atoms with van der Waals surface area (Å²) in [6, 6.07) is 16.6. The van der Waals surface area contributed by atoms with Crippen molar-refractivity contribution in [2.45, 2.75) is 31.8 Å². The molecule has 0 radical (unpaired) electrons. The van der Waals surface area contributed by atoms with Crippen LogP contribution in [0.2, 0.25) is 0 Å². The van der Waals surface area contributed by atoms with Gasteiger partial charge in [0.15, 0.2) is 0 Å². The number of aromatic nitrogens is 2. The van der Waals surface area contributed by atoms with Gasteiger partial charge in [-0.2, -0.15) is 5.26 Å². The van der Waals surface area contributed by atoms with E-state index in [1.165, 1.54) is 5.69 Å². The van der Waals surface area contributed by atoms with Crippen molar-refractivity contribution in [3.63, 3.8) is 0 Å². The second kappa shape index (κ2) is 10.7. The van der Waals surface area contributed by atoms with Crippen LogP contribution in [0.3, 0.4) is 0 Å². The molecule has 6 rings (SSSR count). The van der Waals surface area contributed by atoms with Gasteiger partial charge in [-0.25, -0.2) is 9.97 Å². The third-order valence-electron chi connectivity index (χ3n) is 7.02. The van der Waals surface area contributed by atoms with Gasteiger partial charge in [0.2, 0.25) is 0 Å². The van der Waals surface area contributed by atoms with E-state index in [2.05, 4.69) is 40.2 Å². The average Bonchev–Trinajstić information content (AvgIpc) is 3.43. The Morgan fingerprint density at radius 2 is 1.76 bits per heavy atom. The summed E-state index contributed by atoms with van der Waals surface area (Å²) in [6.45, 7) is 4.75. The molecule has 0 aliphatic carbocycles. The number of aliphatic imine (C=N–C) groups is 1. The number of ether oxygens (including phenoxy) is 3. The van der Waals surface area contributed by atoms with E-state index in [0.29, 0.717) is 37.4 Å². The molecule has 2 fully saturated rings. The number of benzene rings is 2. The number of anilines is 1. The lowest BCUT2D eigenvalue weighted by Crippen LogP contribution is -2.36. The zero-order chi connectivity index (χ0) is 25.0. The van der Waals surface area contributed by atoms with Gasteiger partial charge in [0.25, 0.3) is 0 Å². The molecule has 1 aromatic heterocycles. The van der Waals surface area contributed by atoms with Crippen molar-refractivity contribution in [1.29, 1.82) is 5.26 Å². The fourth-order valence-corrected chi connectivity index (χ4v) is 5.00. The number of hydrogen-bond donors (Lipinski definition) is 0. The molecule has 0 amide bonds. The highest BCUT2D eigenvalue weighted by Gasteiger charge is 2.21. The Labute approximate surface area is 216 Å². The van der Waals surface area contributed by atoms with Gasteiger partial charge in [-0.05, 0) is 35.9 Å². The van der Waals surface area contributed by atoms with E-state index in [-0.39, 0.29) is 6.10 Å². The second-order valence-corrected chi connectivity index (χ2v) is 9.49.